The molecule has 1 aliphatic rings. The molecule has 1 aromatic carbocycles. The van der Waals surface area contributed by atoms with Crippen LogP contribution in [-0.4, -0.2) is 18.3 Å². The Hall–Kier alpha value is -0.800. The van der Waals surface area contributed by atoms with Crippen molar-refractivity contribution in [3.8, 4) is 0 Å². The number of ether oxygens (including phenoxy) is 1. The first-order valence-electron chi connectivity index (χ1n) is 5.67. The molecule has 1 saturated heterocycles. The van der Waals surface area contributed by atoms with E-state index >= 15 is 0 Å². The molecule has 1 fully saturated rings. The molecule has 3 heteroatoms. The lowest BCUT2D eigenvalue weighted by atomic mass is 9.99. The van der Waals surface area contributed by atoms with E-state index in [0.717, 1.165) is 25.7 Å². The van der Waals surface area contributed by atoms with E-state index in [9.17, 15) is 4.79 Å². The third-order valence-electron chi connectivity index (χ3n) is 2.78. The topological polar surface area (TPSA) is 26.3 Å². The Labute approximate surface area is 100 Å². The second kappa shape index (κ2) is 6.06. The summed E-state index contributed by atoms with van der Waals surface area (Å²) in [5.41, 5.74) is 0.140. The Morgan fingerprint density at radius 1 is 1.38 bits per heavy atom. The molecular weight excluding hydrogens is 220 g/mol. The molecule has 0 bridgehead atoms. The Morgan fingerprint density at radius 2 is 2.19 bits per heavy atom. The van der Waals surface area contributed by atoms with Gasteiger partial charge in [-0.25, -0.2) is 0 Å². The minimum atomic E-state index is 0.140. The average molecular weight is 236 g/mol. The monoisotopic (exact) mass is 236 g/mol. The Bertz CT molecular complexity index is 326. The van der Waals surface area contributed by atoms with Gasteiger partial charge in [-0.2, -0.15) is 0 Å². The third kappa shape index (κ3) is 3.09. The molecular formula is C13H16O2S. The minimum absolute atomic E-state index is 0.140. The molecule has 86 valence electrons. The van der Waals surface area contributed by atoms with Gasteiger partial charge in [0.1, 0.15) is 11.7 Å². The van der Waals surface area contributed by atoms with Gasteiger partial charge in [0.25, 0.3) is 0 Å². The summed E-state index contributed by atoms with van der Waals surface area (Å²) >= 11 is 1.73. The molecule has 0 spiro atoms. The molecule has 0 saturated carbocycles. The van der Waals surface area contributed by atoms with E-state index in [1.54, 1.807) is 11.8 Å². The molecule has 0 aliphatic carbocycles. The van der Waals surface area contributed by atoms with Gasteiger partial charge >= 0.3 is 0 Å². The molecule has 16 heavy (non-hydrogen) atoms. The van der Waals surface area contributed by atoms with Crippen LogP contribution in [0.4, 0.5) is 0 Å². The standard InChI is InChI=1S/C13H16O2S/c14-9-8-11-5-4-10-15-13(11)16-12-6-2-1-3-7-12/h1-3,6-7,9,11,13H,4-5,8,10H2/t11-,13+/m1/s1. The van der Waals surface area contributed by atoms with Gasteiger partial charge in [0.15, 0.2) is 0 Å². The fraction of sp³-hybridized carbons (Fsp3) is 0.462. The minimum Gasteiger partial charge on any atom is -0.367 e. The number of rotatable bonds is 4. The first-order chi connectivity index (χ1) is 7.90. The van der Waals surface area contributed by atoms with Crippen LogP contribution in [0.25, 0.3) is 0 Å². The number of hydrogen-bond acceptors (Lipinski definition) is 3. The number of hydrogen-bond donors (Lipinski definition) is 0. The first-order valence-corrected chi connectivity index (χ1v) is 6.55. The largest absolute Gasteiger partial charge is 0.367 e. The zero-order valence-corrected chi connectivity index (χ0v) is 9.99. The van der Waals surface area contributed by atoms with Crippen molar-refractivity contribution in [1.82, 2.24) is 0 Å². The highest BCUT2D eigenvalue weighted by Crippen LogP contribution is 2.35. The second-order valence-electron chi connectivity index (χ2n) is 3.97. The van der Waals surface area contributed by atoms with Crippen LogP contribution in [-0.2, 0) is 9.53 Å². The average Bonchev–Trinajstić information content (AvgIpc) is 2.33. The van der Waals surface area contributed by atoms with Crippen LogP contribution in [0.15, 0.2) is 35.2 Å². The van der Waals surface area contributed by atoms with E-state index in [2.05, 4.69) is 12.1 Å². The molecule has 2 nitrogen and oxygen atoms in total. The van der Waals surface area contributed by atoms with E-state index in [0.29, 0.717) is 12.3 Å². The van der Waals surface area contributed by atoms with Gasteiger partial charge in [0.05, 0.1) is 0 Å². The predicted molar refractivity (Wildman–Crippen MR) is 65.4 cm³/mol. The second-order valence-corrected chi connectivity index (χ2v) is 5.15. The Kier molecular flexibility index (Phi) is 4.43. The zero-order chi connectivity index (χ0) is 11.2. The highest BCUT2D eigenvalue weighted by molar-refractivity contribution is 7.99. The molecule has 0 amide bonds. The highest BCUT2D eigenvalue weighted by Gasteiger charge is 2.26. The fourth-order valence-electron chi connectivity index (χ4n) is 1.93. The lowest BCUT2D eigenvalue weighted by molar-refractivity contribution is -0.109. The van der Waals surface area contributed by atoms with Crippen molar-refractivity contribution in [3.63, 3.8) is 0 Å². The van der Waals surface area contributed by atoms with Crippen molar-refractivity contribution in [2.75, 3.05) is 6.61 Å². The van der Waals surface area contributed by atoms with Crippen molar-refractivity contribution in [1.29, 1.82) is 0 Å². The zero-order valence-electron chi connectivity index (χ0n) is 9.17. The summed E-state index contributed by atoms with van der Waals surface area (Å²) in [4.78, 5) is 11.8. The molecule has 2 rings (SSSR count). The molecule has 1 aliphatic heterocycles. The number of carbonyl (C=O) groups is 1. The van der Waals surface area contributed by atoms with Crippen LogP contribution >= 0.6 is 11.8 Å². The lowest BCUT2D eigenvalue weighted by Crippen LogP contribution is -2.27. The predicted octanol–water partition coefficient (Wildman–Crippen LogP) is 3.12. The van der Waals surface area contributed by atoms with E-state index in [4.69, 9.17) is 4.74 Å². The third-order valence-corrected chi connectivity index (χ3v) is 4.08. The summed E-state index contributed by atoms with van der Waals surface area (Å²) in [6.07, 6.45) is 3.80. The van der Waals surface area contributed by atoms with Gasteiger partial charge in [-0.1, -0.05) is 30.0 Å². The van der Waals surface area contributed by atoms with Crippen molar-refractivity contribution in [2.24, 2.45) is 5.92 Å². The molecule has 0 radical (unpaired) electrons. The Morgan fingerprint density at radius 3 is 2.94 bits per heavy atom. The molecule has 0 unspecified atom stereocenters. The van der Waals surface area contributed by atoms with Gasteiger partial charge in [-0.3, -0.25) is 0 Å². The molecule has 2 atom stereocenters. The normalized spacial score (nSPS) is 25.2. The number of thioether (sulfide) groups is 1. The maximum atomic E-state index is 10.6. The van der Waals surface area contributed by atoms with Crippen LogP contribution in [0, 0.1) is 5.92 Å². The summed E-state index contributed by atoms with van der Waals surface area (Å²) in [5, 5.41) is 0. The number of carbonyl (C=O) groups excluding carboxylic acids is 1. The van der Waals surface area contributed by atoms with Gasteiger partial charge in [-0.05, 0) is 25.0 Å². The highest BCUT2D eigenvalue weighted by atomic mass is 32.2. The smallest absolute Gasteiger partial charge is 0.120 e. The van der Waals surface area contributed by atoms with Gasteiger partial charge < -0.3 is 9.53 Å². The van der Waals surface area contributed by atoms with E-state index in [1.165, 1.54) is 4.90 Å². The quantitative estimate of drug-likeness (QED) is 0.751. The summed E-state index contributed by atoms with van der Waals surface area (Å²) < 4.78 is 5.75. The Balaban J connectivity index is 1.98. The van der Waals surface area contributed by atoms with Crippen molar-refractivity contribution in [3.05, 3.63) is 30.3 Å². The summed E-state index contributed by atoms with van der Waals surface area (Å²) in [6, 6.07) is 10.2. The summed E-state index contributed by atoms with van der Waals surface area (Å²) in [7, 11) is 0. The molecule has 1 aromatic rings. The maximum absolute atomic E-state index is 10.6. The molecule has 1 heterocycles. The van der Waals surface area contributed by atoms with E-state index < -0.39 is 0 Å². The van der Waals surface area contributed by atoms with Crippen molar-refractivity contribution in [2.45, 2.75) is 29.6 Å². The maximum Gasteiger partial charge on any atom is 0.120 e. The molecule has 0 aromatic heterocycles. The summed E-state index contributed by atoms with van der Waals surface area (Å²) in [5.74, 6) is 0.372. The first kappa shape index (κ1) is 11.7. The van der Waals surface area contributed by atoms with Crippen LogP contribution in [0.3, 0.4) is 0 Å². The number of benzene rings is 1. The van der Waals surface area contributed by atoms with Crippen molar-refractivity contribution >= 4 is 18.0 Å². The van der Waals surface area contributed by atoms with Crippen LogP contribution in [0.2, 0.25) is 0 Å². The van der Waals surface area contributed by atoms with Gasteiger partial charge in [-0.15, -0.1) is 0 Å². The van der Waals surface area contributed by atoms with E-state index in [1.807, 2.05) is 18.2 Å². The lowest BCUT2D eigenvalue weighted by Gasteiger charge is -2.30. The van der Waals surface area contributed by atoms with Gasteiger partial charge in [0.2, 0.25) is 0 Å². The van der Waals surface area contributed by atoms with Crippen LogP contribution < -0.4 is 0 Å². The van der Waals surface area contributed by atoms with Gasteiger partial charge in [0, 0.05) is 23.8 Å². The van der Waals surface area contributed by atoms with Crippen LogP contribution in [0.1, 0.15) is 19.3 Å². The van der Waals surface area contributed by atoms with Crippen molar-refractivity contribution < 1.29 is 9.53 Å². The van der Waals surface area contributed by atoms with Crippen LogP contribution in [0.5, 0.6) is 0 Å². The number of aldehydes is 1. The molecule has 0 N–H and O–H groups in total. The SMILES string of the molecule is O=CC[C@H]1CCCO[C@H]1Sc1ccccc1. The fourth-order valence-corrected chi connectivity index (χ4v) is 3.12. The summed E-state index contributed by atoms with van der Waals surface area (Å²) in [6.45, 7) is 0.819. The van der Waals surface area contributed by atoms with E-state index in [-0.39, 0.29) is 5.44 Å².